The number of fused-ring (bicyclic) bond motifs is 5. The zero-order chi connectivity index (χ0) is 19.6. The predicted molar refractivity (Wildman–Crippen MR) is 105 cm³/mol. The van der Waals surface area contributed by atoms with E-state index in [0.29, 0.717) is 5.92 Å². The molecule has 0 bridgehead atoms. The molecule has 3 N–H and O–H groups in total. The normalized spacial score (nSPS) is 50.8. The van der Waals surface area contributed by atoms with Crippen LogP contribution in [0.3, 0.4) is 0 Å². The lowest BCUT2D eigenvalue weighted by Gasteiger charge is -2.64. The molecule has 7 unspecified atom stereocenters. The first-order chi connectivity index (χ1) is 12.7. The Morgan fingerprint density at radius 1 is 1.11 bits per heavy atom. The molecule has 0 aromatic rings. The van der Waals surface area contributed by atoms with Crippen molar-refractivity contribution in [1.29, 1.82) is 0 Å². The van der Waals surface area contributed by atoms with Gasteiger partial charge in [-0.25, -0.2) is 0 Å². The summed E-state index contributed by atoms with van der Waals surface area (Å²) in [6.07, 6.45) is 10.7. The number of carboxylic acids is 1. The van der Waals surface area contributed by atoms with E-state index in [0.717, 1.165) is 44.1 Å². The number of aliphatic carboxylic acids is 1. The molecule has 0 spiro atoms. The molecule has 4 heteroatoms. The van der Waals surface area contributed by atoms with Gasteiger partial charge in [0.15, 0.2) is 5.78 Å². The van der Waals surface area contributed by atoms with E-state index in [1.165, 1.54) is 12.8 Å². The smallest absolute Gasteiger partial charge is 0.303 e. The van der Waals surface area contributed by atoms with Crippen molar-refractivity contribution in [2.75, 3.05) is 0 Å². The van der Waals surface area contributed by atoms with E-state index >= 15 is 0 Å². The first kappa shape index (κ1) is 19.2. The Bertz CT molecular complexity index is 700. The summed E-state index contributed by atoms with van der Waals surface area (Å²) < 4.78 is 0. The van der Waals surface area contributed by atoms with Crippen LogP contribution in [0.4, 0.5) is 0 Å². The topological polar surface area (TPSA) is 80.4 Å². The van der Waals surface area contributed by atoms with Crippen LogP contribution in [0.15, 0.2) is 11.6 Å². The number of hydrogen-bond donors (Lipinski definition) is 2. The van der Waals surface area contributed by atoms with Crippen LogP contribution in [0.5, 0.6) is 0 Å². The van der Waals surface area contributed by atoms with Gasteiger partial charge in [0, 0.05) is 6.42 Å². The number of carboxylic acid groups (broad SMARTS) is 1. The molecule has 0 aromatic heterocycles. The van der Waals surface area contributed by atoms with Crippen molar-refractivity contribution in [2.45, 2.75) is 84.1 Å². The fraction of sp³-hybridized carbons (Fsp3) is 0.826. The first-order valence-corrected chi connectivity index (χ1v) is 10.9. The lowest BCUT2D eigenvalue weighted by atomic mass is 9.40. The maximum absolute atomic E-state index is 13.8. The van der Waals surface area contributed by atoms with Crippen molar-refractivity contribution in [3.63, 3.8) is 0 Å². The Hall–Kier alpha value is -1.16. The fourth-order valence-electron chi connectivity index (χ4n) is 8.18. The number of Topliss-reactive ketones (excluding diaryl/α,β-unsaturated/α-hetero) is 1. The highest BCUT2D eigenvalue weighted by Crippen LogP contribution is 2.68. The van der Waals surface area contributed by atoms with Crippen LogP contribution in [-0.2, 0) is 9.59 Å². The number of carbonyl (C=O) groups excluding carboxylic acids is 1. The molecular weight excluding hydrogens is 338 g/mol. The molecule has 0 aromatic carbocycles. The van der Waals surface area contributed by atoms with Crippen molar-refractivity contribution < 1.29 is 14.7 Å². The number of ketones is 1. The minimum atomic E-state index is -0.815. The molecule has 4 rings (SSSR count). The van der Waals surface area contributed by atoms with Crippen LogP contribution in [0.1, 0.15) is 78.6 Å². The van der Waals surface area contributed by atoms with Gasteiger partial charge in [0.1, 0.15) is 0 Å². The van der Waals surface area contributed by atoms with Crippen molar-refractivity contribution >= 4 is 11.8 Å². The van der Waals surface area contributed by atoms with Crippen molar-refractivity contribution in [3.05, 3.63) is 11.6 Å². The zero-order valence-corrected chi connectivity index (χ0v) is 17.1. The largest absolute Gasteiger partial charge is 0.481 e. The molecule has 4 aliphatic carbocycles. The van der Waals surface area contributed by atoms with Gasteiger partial charge < -0.3 is 10.8 Å². The van der Waals surface area contributed by atoms with E-state index in [9.17, 15) is 14.7 Å². The summed E-state index contributed by atoms with van der Waals surface area (Å²) in [6.45, 7) is 6.61. The van der Waals surface area contributed by atoms with Crippen LogP contribution >= 0.6 is 0 Å². The second-order valence-corrected chi connectivity index (χ2v) is 10.3. The van der Waals surface area contributed by atoms with Crippen molar-refractivity contribution in [2.24, 2.45) is 40.2 Å². The maximum atomic E-state index is 13.8. The summed E-state index contributed by atoms with van der Waals surface area (Å²) in [5.41, 5.74) is 7.33. The molecule has 150 valence electrons. The van der Waals surface area contributed by atoms with Gasteiger partial charge in [0.05, 0.1) is 5.54 Å². The Labute approximate surface area is 163 Å². The average Bonchev–Trinajstić information content (AvgIpc) is 2.93. The molecule has 7 atom stereocenters. The van der Waals surface area contributed by atoms with Crippen LogP contribution in [0.2, 0.25) is 0 Å². The molecule has 0 saturated heterocycles. The van der Waals surface area contributed by atoms with E-state index in [1.807, 2.05) is 13.0 Å². The second kappa shape index (κ2) is 6.17. The summed E-state index contributed by atoms with van der Waals surface area (Å²) >= 11 is 0. The SMILES string of the molecule is C/C=C1/C(=O)C2(N)C3CCC(CC(=O)O)C3(C)CCC2C2(C)CCCCC12. The molecule has 4 saturated carbocycles. The van der Waals surface area contributed by atoms with Crippen LogP contribution < -0.4 is 5.73 Å². The Morgan fingerprint density at radius 2 is 1.81 bits per heavy atom. The lowest BCUT2D eigenvalue weighted by molar-refractivity contribution is -0.153. The quantitative estimate of drug-likeness (QED) is 0.706. The number of carbonyl (C=O) groups is 2. The predicted octanol–water partition coefficient (Wildman–Crippen LogP) is 4.33. The van der Waals surface area contributed by atoms with Gasteiger partial charge in [0.2, 0.25) is 0 Å². The molecule has 0 radical (unpaired) electrons. The first-order valence-electron chi connectivity index (χ1n) is 10.9. The van der Waals surface area contributed by atoms with E-state index in [-0.39, 0.29) is 40.8 Å². The Balaban J connectivity index is 1.79. The molecular formula is C23H35NO3. The number of allylic oxidation sites excluding steroid dienone is 1. The zero-order valence-electron chi connectivity index (χ0n) is 17.1. The molecule has 0 aliphatic heterocycles. The van der Waals surface area contributed by atoms with Gasteiger partial charge in [0.25, 0.3) is 0 Å². The van der Waals surface area contributed by atoms with Gasteiger partial charge in [-0.1, -0.05) is 32.8 Å². The number of rotatable bonds is 2. The highest BCUT2D eigenvalue weighted by molar-refractivity contribution is 6.05. The van der Waals surface area contributed by atoms with Crippen molar-refractivity contribution in [3.8, 4) is 0 Å². The van der Waals surface area contributed by atoms with E-state index in [2.05, 4.69) is 13.8 Å². The van der Waals surface area contributed by atoms with Gasteiger partial charge >= 0.3 is 5.97 Å². The summed E-state index contributed by atoms with van der Waals surface area (Å²) in [7, 11) is 0. The highest BCUT2D eigenvalue weighted by atomic mass is 16.4. The summed E-state index contributed by atoms with van der Waals surface area (Å²) in [4.78, 5) is 25.2. The Kier molecular flexibility index (Phi) is 4.38. The number of nitrogens with two attached hydrogens (primary N) is 1. The average molecular weight is 374 g/mol. The van der Waals surface area contributed by atoms with Gasteiger partial charge in [-0.15, -0.1) is 0 Å². The second-order valence-electron chi connectivity index (χ2n) is 10.3. The standard InChI is InChI=1S/C23H35NO3/c1-4-15-16-7-5-6-11-22(16,3)18-10-12-21(2)14(13-19(25)26)8-9-17(21)23(18,24)20(15)27/h4,14,16-18H,5-13,24H2,1-3H3,(H,25,26)/b15-4+. The van der Waals surface area contributed by atoms with E-state index in [4.69, 9.17) is 5.73 Å². The summed E-state index contributed by atoms with van der Waals surface area (Å²) in [5, 5.41) is 9.40. The van der Waals surface area contributed by atoms with Gasteiger partial charge in [-0.05, 0) is 85.5 Å². The van der Waals surface area contributed by atoms with E-state index in [1.54, 1.807) is 0 Å². The minimum Gasteiger partial charge on any atom is -0.481 e. The third-order valence-electron chi connectivity index (χ3n) is 9.47. The van der Waals surface area contributed by atoms with Crippen molar-refractivity contribution in [1.82, 2.24) is 0 Å². The van der Waals surface area contributed by atoms with Crippen LogP contribution in [-0.4, -0.2) is 22.4 Å². The molecule has 4 nitrogen and oxygen atoms in total. The van der Waals surface area contributed by atoms with E-state index < -0.39 is 11.5 Å². The molecule has 0 amide bonds. The molecule has 27 heavy (non-hydrogen) atoms. The third-order valence-corrected chi connectivity index (χ3v) is 9.47. The van der Waals surface area contributed by atoms with Crippen LogP contribution in [0, 0.1) is 34.5 Å². The highest BCUT2D eigenvalue weighted by Gasteiger charge is 2.69. The third kappa shape index (κ3) is 2.38. The molecule has 4 aliphatic rings. The molecule has 4 fully saturated rings. The Morgan fingerprint density at radius 3 is 2.48 bits per heavy atom. The number of hydrogen-bond acceptors (Lipinski definition) is 3. The lowest BCUT2D eigenvalue weighted by Crippen LogP contribution is -2.72. The van der Waals surface area contributed by atoms with Crippen LogP contribution in [0.25, 0.3) is 0 Å². The van der Waals surface area contributed by atoms with Gasteiger partial charge in [-0.2, -0.15) is 0 Å². The monoisotopic (exact) mass is 373 g/mol. The fourth-order valence-corrected chi connectivity index (χ4v) is 8.18. The summed E-state index contributed by atoms with van der Waals surface area (Å²) in [6, 6.07) is 0. The summed E-state index contributed by atoms with van der Waals surface area (Å²) in [5.74, 6) is 0.291. The maximum Gasteiger partial charge on any atom is 0.303 e. The molecule has 0 heterocycles. The minimum absolute atomic E-state index is 0.106. The van der Waals surface area contributed by atoms with Gasteiger partial charge in [-0.3, -0.25) is 9.59 Å².